The number of rotatable bonds is 10. The van der Waals surface area contributed by atoms with Gasteiger partial charge in [0, 0.05) is 78.9 Å². The maximum atomic E-state index is 7.70. The second-order valence-corrected chi connectivity index (χ2v) is 9.18. The first kappa shape index (κ1) is 27.5. The van der Waals surface area contributed by atoms with Crippen LogP contribution >= 0.6 is 11.8 Å². The van der Waals surface area contributed by atoms with Crippen LogP contribution in [-0.2, 0) is 0 Å². The van der Waals surface area contributed by atoms with Gasteiger partial charge in [0.05, 0.1) is 12.3 Å². The Labute approximate surface area is 246 Å². The number of nitrogens with zero attached hydrogens (tertiary/aromatic N) is 4. The molecule has 10 heteroatoms. The van der Waals surface area contributed by atoms with Gasteiger partial charge in [0.2, 0.25) is 0 Å². The summed E-state index contributed by atoms with van der Waals surface area (Å²) in [5.74, 6) is 2.19. The molecule has 0 amide bonds. The normalized spacial score (nSPS) is 10.7. The molecule has 0 spiro atoms. The molecule has 8 nitrogen and oxygen atoms in total. The van der Waals surface area contributed by atoms with Gasteiger partial charge in [-0.25, -0.2) is 9.97 Å². The van der Waals surface area contributed by atoms with E-state index in [1.807, 2.05) is 55.5 Å². The zero-order valence-electron chi connectivity index (χ0n) is 20.1. The second-order valence-electron chi connectivity index (χ2n) is 8.14. The Morgan fingerprint density at radius 2 is 1.74 bits per heavy atom. The SMILES string of the molecule is Cc1cc(Nc2cc(-c3ccc(OCCCN(C)C)cc3)nc(Sc3ccc([NH-])cc3)n2)n[nH]1.[Ac]. The van der Waals surface area contributed by atoms with Crippen LogP contribution in [0, 0.1) is 51.0 Å². The molecule has 0 aliphatic carbocycles. The summed E-state index contributed by atoms with van der Waals surface area (Å²) in [5.41, 5.74) is 10.9. The minimum Gasteiger partial charge on any atom is -0.699 e. The summed E-state index contributed by atoms with van der Waals surface area (Å²) in [4.78, 5) is 12.6. The average molecular weight is 702 g/mol. The fourth-order valence-electron chi connectivity index (χ4n) is 3.22. The number of nitrogens with one attached hydrogen (secondary N) is 3. The van der Waals surface area contributed by atoms with Crippen LogP contribution in [0.5, 0.6) is 5.75 Å². The van der Waals surface area contributed by atoms with Crippen LogP contribution in [0.25, 0.3) is 17.0 Å². The Kier molecular flexibility index (Phi) is 10.4. The maximum Gasteiger partial charge on any atom is 0.194 e. The first-order valence-corrected chi connectivity index (χ1v) is 11.8. The van der Waals surface area contributed by atoms with E-state index >= 15 is 0 Å². The largest absolute Gasteiger partial charge is 0.699 e. The molecule has 4 aromatic rings. The Morgan fingerprint density at radius 1 is 1.00 bits per heavy atom. The summed E-state index contributed by atoms with van der Waals surface area (Å²) >= 11 is 1.45. The van der Waals surface area contributed by atoms with Crippen molar-refractivity contribution in [2.45, 2.75) is 23.4 Å². The molecule has 0 fully saturated rings. The molecule has 0 unspecified atom stereocenters. The monoisotopic (exact) mass is 701 g/mol. The minimum atomic E-state index is 0. The molecular weight excluding hydrogens is 673 g/mol. The summed E-state index contributed by atoms with van der Waals surface area (Å²) in [7, 11) is 4.12. The van der Waals surface area contributed by atoms with Crippen molar-refractivity contribution >= 4 is 29.1 Å². The molecule has 0 saturated heterocycles. The summed E-state index contributed by atoms with van der Waals surface area (Å²) in [6, 6.07) is 19.1. The van der Waals surface area contributed by atoms with Crippen molar-refractivity contribution in [3.63, 3.8) is 0 Å². The smallest absolute Gasteiger partial charge is 0.194 e. The predicted octanol–water partition coefficient (Wildman–Crippen LogP) is 6.08. The van der Waals surface area contributed by atoms with Crippen LogP contribution in [0.1, 0.15) is 12.1 Å². The second kappa shape index (κ2) is 13.3. The summed E-state index contributed by atoms with van der Waals surface area (Å²) in [6.45, 7) is 3.63. The van der Waals surface area contributed by atoms with Gasteiger partial charge in [-0.2, -0.15) is 5.10 Å². The first-order valence-electron chi connectivity index (χ1n) is 11.0. The van der Waals surface area contributed by atoms with Crippen molar-refractivity contribution in [3.05, 3.63) is 72.1 Å². The third-order valence-electron chi connectivity index (χ3n) is 4.90. The van der Waals surface area contributed by atoms with E-state index in [4.69, 9.17) is 15.5 Å². The quantitative estimate of drug-likeness (QED) is 0.153. The van der Waals surface area contributed by atoms with Crippen LogP contribution in [0.15, 0.2) is 70.7 Å². The molecule has 0 bridgehead atoms. The third-order valence-corrected chi connectivity index (χ3v) is 5.77. The van der Waals surface area contributed by atoms with Gasteiger partial charge in [-0.05, 0) is 75.6 Å². The van der Waals surface area contributed by atoms with Gasteiger partial charge in [-0.1, -0.05) is 12.1 Å². The Hall–Kier alpha value is -2.12. The maximum absolute atomic E-state index is 7.70. The van der Waals surface area contributed by atoms with Crippen LogP contribution in [0.2, 0.25) is 0 Å². The molecule has 4 rings (SSSR count). The molecule has 0 aliphatic rings. The van der Waals surface area contributed by atoms with E-state index < -0.39 is 0 Å². The van der Waals surface area contributed by atoms with E-state index in [-0.39, 0.29) is 44.1 Å². The zero-order chi connectivity index (χ0) is 23.9. The van der Waals surface area contributed by atoms with E-state index in [0.717, 1.165) is 40.6 Å². The molecule has 0 atom stereocenters. The predicted molar refractivity (Wildman–Crippen MR) is 137 cm³/mol. The number of hydrogen-bond donors (Lipinski definition) is 2. The molecule has 35 heavy (non-hydrogen) atoms. The van der Waals surface area contributed by atoms with Crippen molar-refractivity contribution in [2.24, 2.45) is 0 Å². The summed E-state index contributed by atoms with van der Waals surface area (Å²) in [6.07, 6.45) is 0.976. The Morgan fingerprint density at radius 3 is 2.40 bits per heavy atom. The van der Waals surface area contributed by atoms with Crippen molar-refractivity contribution in [2.75, 3.05) is 32.6 Å². The van der Waals surface area contributed by atoms with Crippen LogP contribution in [-0.4, -0.2) is 52.3 Å². The van der Waals surface area contributed by atoms with E-state index in [2.05, 4.69) is 39.5 Å². The van der Waals surface area contributed by atoms with Gasteiger partial charge in [0.1, 0.15) is 11.6 Å². The minimum absolute atomic E-state index is 0. The van der Waals surface area contributed by atoms with Gasteiger partial charge in [-0.15, -0.1) is 5.69 Å². The molecule has 0 saturated carbocycles. The van der Waals surface area contributed by atoms with Gasteiger partial charge in [0.15, 0.2) is 11.0 Å². The molecule has 1 radical (unpaired) electrons. The van der Waals surface area contributed by atoms with Crippen molar-refractivity contribution in [1.82, 2.24) is 25.1 Å². The molecule has 2 aromatic heterocycles. The van der Waals surface area contributed by atoms with E-state index in [0.29, 0.717) is 29.1 Å². The van der Waals surface area contributed by atoms with Gasteiger partial charge in [0.25, 0.3) is 0 Å². The number of ether oxygens (including phenoxy) is 1. The Bertz CT molecular complexity index is 1210. The standard InChI is InChI=1S/C25H28N7OS.Ac/c1-17-15-24(31-30-17)28-23-16-22(27-25(29-23)34-21-11-7-19(26)8-12-21)18-5-9-20(10-6-18)33-14-4-13-32(2)3;/h5-12,15-16,26H,4,13-14H2,1-3H3,(H2,27,28,29,30,31);/q-1;. The molecule has 0 aliphatic heterocycles. The number of anilines is 2. The fourth-order valence-corrected chi connectivity index (χ4v) is 3.99. The number of H-pyrrole nitrogens is 1. The Balaban J connectivity index is 0.00000342. The van der Waals surface area contributed by atoms with Crippen molar-refractivity contribution < 1.29 is 48.8 Å². The van der Waals surface area contributed by atoms with E-state index in [1.165, 1.54) is 11.8 Å². The van der Waals surface area contributed by atoms with Gasteiger partial charge in [-0.3, -0.25) is 5.10 Å². The van der Waals surface area contributed by atoms with E-state index in [9.17, 15) is 0 Å². The van der Waals surface area contributed by atoms with Gasteiger partial charge < -0.3 is 20.7 Å². The molecule has 179 valence electrons. The van der Waals surface area contributed by atoms with Gasteiger partial charge >= 0.3 is 0 Å². The van der Waals surface area contributed by atoms with Crippen molar-refractivity contribution in [3.8, 4) is 17.0 Å². The number of aromatic nitrogens is 4. The molecule has 2 heterocycles. The first-order chi connectivity index (χ1) is 16.4. The topological polar surface area (TPSA) is 103 Å². The zero-order valence-corrected chi connectivity index (χ0v) is 25.6. The molecular formula is C25H28AcN7OS-. The number of aryl methyl sites for hydroxylation is 1. The number of benzene rings is 2. The van der Waals surface area contributed by atoms with E-state index in [1.54, 1.807) is 12.1 Å². The molecule has 3 N–H and O–H groups in total. The number of aromatic amines is 1. The summed E-state index contributed by atoms with van der Waals surface area (Å²) < 4.78 is 5.86. The fraction of sp³-hybridized carbons (Fsp3) is 0.240. The van der Waals surface area contributed by atoms with Crippen LogP contribution in [0.3, 0.4) is 0 Å². The van der Waals surface area contributed by atoms with Crippen LogP contribution in [0.4, 0.5) is 17.3 Å². The van der Waals surface area contributed by atoms with Crippen molar-refractivity contribution in [1.29, 1.82) is 0 Å². The van der Waals surface area contributed by atoms with Crippen LogP contribution < -0.4 is 10.1 Å². The summed E-state index contributed by atoms with van der Waals surface area (Å²) in [5, 5.41) is 11.0. The molecule has 2 aromatic carbocycles. The number of hydrogen-bond acceptors (Lipinski definition) is 7. The third kappa shape index (κ3) is 8.50. The average Bonchev–Trinajstić information content (AvgIpc) is 3.23.